The normalized spacial score (nSPS) is 13.4. The molecule has 0 radical (unpaired) electrons. The summed E-state index contributed by atoms with van der Waals surface area (Å²) >= 11 is 0. The summed E-state index contributed by atoms with van der Waals surface area (Å²) in [7, 11) is 0. The molecule has 0 unspecified atom stereocenters. The van der Waals surface area contributed by atoms with Gasteiger partial charge >= 0.3 is 0 Å². The molecule has 8 aromatic carbocycles. The Labute approximate surface area is 311 Å². The fourth-order valence-corrected chi connectivity index (χ4v) is 8.27. The Balaban J connectivity index is 1.14. The van der Waals surface area contributed by atoms with Gasteiger partial charge in [-0.25, -0.2) is 0 Å². The second kappa shape index (κ2) is 13.2. The van der Waals surface area contributed by atoms with Gasteiger partial charge in [0.25, 0.3) is 0 Å². The Morgan fingerprint density at radius 3 is 1.81 bits per heavy atom. The maximum atomic E-state index is 8.96. The summed E-state index contributed by atoms with van der Waals surface area (Å²) in [6.07, 6.45) is 3.83. The number of nitrogens with zero attached hydrogens (tertiary/aromatic N) is 1. The maximum absolute atomic E-state index is 8.96. The molecule has 8 aromatic rings. The Morgan fingerprint density at radius 1 is 0.472 bits per heavy atom. The molecule has 0 aliphatic heterocycles. The fraction of sp³-hybridized carbons (Fsp3) is 0.0588. The largest absolute Gasteiger partial charge is 0.300 e. The van der Waals surface area contributed by atoms with Crippen LogP contribution in [0.5, 0.6) is 0 Å². The van der Waals surface area contributed by atoms with Crippen LogP contribution in [-0.2, 0) is 5.41 Å². The summed E-state index contributed by atoms with van der Waals surface area (Å²) in [6.45, 7) is 4.76. The van der Waals surface area contributed by atoms with Gasteiger partial charge in [0, 0.05) is 22.8 Å². The van der Waals surface area contributed by atoms with Gasteiger partial charge in [0.05, 0.1) is 11.4 Å². The van der Waals surface area contributed by atoms with E-state index in [1.807, 2.05) is 48.7 Å². The number of hydrogen-bond acceptors (Lipinski definition) is 2. The van der Waals surface area contributed by atoms with Crippen LogP contribution in [0.2, 0.25) is 0 Å². The quantitative estimate of drug-likeness (QED) is 0.163. The van der Waals surface area contributed by atoms with Gasteiger partial charge in [-0.1, -0.05) is 190 Å². The monoisotopic (exact) mass is 678 g/mol. The molecule has 0 amide bonds. The zero-order valence-electron chi connectivity index (χ0n) is 29.8. The van der Waals surface area contributed by atoms with Gasteiger partial charge in [0.2, 0.25) is 0 Å². The summed E-state index contributed by atoms with van der Waals surface area (Å²) in [5.74, 6) is 0. The molecule has 2 heteroatoms. The van der Waals surface area contributed by atoms with Crippen molar-refractivity contribution in [2.24, 2.45) is 4.99 Å². The Kier molecular flexibility index (Phi) is 8.01. The SMILES string of the molecule is CC1(C)c2c(cccc2-c2ccc(C=N/C(=C\C(=N)c3ccccc3)c3ccc(-c4ccccc4)cc3)c3ccccc23)-c2ccc3ccccc3c21. The van der Waals surface area contributed by atoms with Crippen molar-refractivity contribution in [2.45, 2.75) is 19.3 Å². The van der Waals surface area contributed by atoms with Crippen LogP contribution in [0.15, 0.2) is 187 Å². The first kappa shape index (κ1) is 32.3. The highest BCUT2D eigenvalue weighted by molar-refractivity contribution is 6.12. The van der Waals surface area contributed by atoms with Gasteiger partial charge in [0.15, 0.2) is 0 Å². The standard InChI is InChI=1S/C51H38N2/c1-51(2)49-41-20-10-9-16-36(41)28-31-46(49)45-23-13-22-44(50(45)51)43-30-29-39(40-19-11-12-21-42(40)43)33-53-48(32-47(52)37-17-7-4-8-18-37)38-26-24-35(25-27-38)34-14-5-3-6-15-34/h3-33,52H,1-2H3/b48-32-,52-47?,53-33?. The first-order chi connectivity index (χ1) is 26.0. The topological polar surface area (TPSA) is 36.2 Å². The third-order valence-corrected chi connectivity index (χ3v) is 10.8. The molecule has 9 rings (SSSR count). The average molecular weight is 679 g/mol. The van der Waals surface area contributed by atoms with Crippen LogP contribution < -0.4 is 0 Å². The van der Waals surface area contributed by atoms with E-state index in [0.29, 0.717) is 5.71 Å². The van der Waals surface area contributed by atoms with Crippen molar-refractivity contribution in [3.63, 3.8) is 0 Å². The van der Waals surface area contributed by atoms with E-state index in [2.05, 4.69) is 153 Å². The molecule has 0 atom stereocenters. The molecule has 0 fully saturated rings. The van der Waals surface area contributed by atoms with Crippen molar-refractivity contribution in [3.05, 3.63) is 210 Å². The van der Waals surface area contributed by atoms with Crippen LogP contribution in [0, 0.1) is 5.41 Å². The summed E-state index contributed by atoms with van der Waals surface area (Å²) in [4.78, 5) is 5.12. The van der Waals surface area contributed by atoms with Crippen molar-refractivity contribution in [1.82, 2.24) is 0 Å². The first-order valence-corrected chi connectivity index (χ1v) is 18.2. The van der Waals surface area contributed by atoms with Crippen LogP contribution in [0.3, 0.4) is 0 Å². The molecule has 1 aliphatic carbocycles. The summed E-state index contributed by atoms with van der Waals surface area (Å²) in [5, 5.41) is 13.9. The minimum absolute atomic E-state index is 0.178. The van der Waals surface area contributed by atoms with Gasteiger partial charge in [-0.15, -0.1) is 0 Å². The van der Waals surface area contributed by atoms with E-state index in [4.69, 9.17) is 10.4 Å². The molecule has 0 spiro atoms. The van der Waals surface area contributed by atoms with Gasteiger partial charge in [-0.05, 0) is 77.7 Å². The minimum atomic E-state index is -0.178. The molecular formula is C51H38N2. The molecule has 0 bridgehead atoms. The smallest absolute Gasteiger partial charge is 0.0723 e. The zero-order valence-corrected chi connectivity index (χ0v) is 29.8. The van der Waals surface area contributed by atoms with Crippen LogP contribution in [0.1, 0.15) is 41.7 Å². The highest BCUT2D eigenvalue weighted by Crippen LogP contribution is 2.54. The molecule has 0 saturated heterocycles. The Bertz CT molecular complexity index is 2730. The number of fused-ring (bicyclic) bond motifs is 6. The van der Waals surface area contributed by atoms with E-state index in [9.17, 15) is 0 Å². The van der Waals surface area contributed by atoms with E-state index < -0.39 is 0 Å². The van der Waals surface area contributed by atoms with E-state index >= 15 is 0 Å². The number of benzene rings is 8. The van der Waals surface area contributed by atoms with Crippen LogP contribution >= 0.6 is 0 Å². The number of rotatable bonds is 7. The average Bonchev–Trinajstić information content (AvgIpc) is 3.46. The van der Waals surface area contributed by atoms with Crippen LogP contribution in [0.4, 0.5) is 0 Å². The molecule has 1 N–H and O–H groups in total. The summed E-state index contributed by atoms with van der Waals surface area (Å²) in [5.41, 5.74) is 14.0. The number of allylic oxidation sites excluding steroid dienone is 1. The number of aliphatic imine (C=N–C) groups is 1. The van der Waals surface area contributed by atoms with Crippen LogP contribution in [0.25, 0.3) is 60.6 Å². The second-order valence-corrected chi connectivity index (χ2v) is 14.3. The highest BCUT2D eigenvalue weighted by Gasteiger charge is 2.39. The lowest BCUT2D eigenvalue weighted by Crippen LogP contribution is -2.17. The fourth-order valence-electron chi connectivity index (χ4n) is 8.27. The zero-order chi connectivity index (χ0) is 35.9. The van der Waals surface area contributed by atoms with Crippen molar-refractivity contribution in [2.75, 3.05) is 0 Å². The van der Waals surface area contributed by atoms with Gasteiger partial charge in [-0.3, -0.25) is 4.99 Å². The molecule has 0 saturated carbocycles. The third-order valence-electron chi connectivity index (χ3n) is 10.8. The van der Waals surface area contributed by atoms with Crippen molar-refractivity contribution >= 4 is 39.2 Å². The van der Waals surface area contributed by atoms with E-state index in [-0.39, 0.29) is 5.41 Å². The molecule has 53 heavy (non-hydrogen) atoms. The van der Waals surface area contributed by atoms with Gasteiger partial charge in [-0.2, -0.15) is 0 Å². The molecule has 2 nitrogen and oxygen atoms in total. The van der Waals surface area contributed by atoms with Crippen molar-refractivity contribution < 1.29 is 0 Å². The van der Waals surface area contributed by atoms with Crippen LogP contribution in [-0.4, -0.2) is 11.9 Å². The molecule has 0 heterocycles. The minimum Gasteiger partial charge on any atom is -0.300 e. The predicted octanol–water partition coefficient (Wildman–Crippen LogP) is 13.2. The molecule has 1 aliphatic rings. The van der Waals surface area contributed by atoms with Crippen molar-refractivity contribution in [3.8, 4) is 33.4 Å². The lowest BCUT2D eigenvalue weighted by atomic mass is 9.77. The molecular weight excluding hydrogens is 641 g/mol. The van der Waals surface area contributed by atoms with Gasteiger partial charge < -0.3 is 5.41 Å². The first-order valence-electron chi connectivity index (χ1n) is 18.2. The lowest BCUT2D eigenvalue weighted by molar-refractivity contribution is 0.668. The van der Waals surface area contributed by atoms with Gasteiger partial charge in [0.1, 0.15) is 0 Å². The van der Waals surface area contributed by atoms with E-state index in [1.165, 1.54) is 55.1 Å². The number of nitrogens with one attached hydrogen (secondary N) is 1. The number of hydrogen-bond donors (Lipinski definition) is 1. The molecule has 252 valence electrons. The second-order valence-electron chi connectivity index (χ2n) is 14.3. The van der Waals surface area contributed by atoms with Crippen molar-refractivity contribution in [1.29, 1.82) is 5.41 Å². The maximum Gasteiger partial charge on any atom is 0.0723 e. The van der Waals surface area contributed by atoms with E-state index in [0.717, 1.165) is 33.3 Å². The summed E-state index contributed by atoms with van der Waals surface area (Å²) in [6, 6.07) is 61.9. The van der Waals surface area contributed by atoms with E-state index in [1.54, 1.807) is 0 Å². The highest BCUT2D eigenvalue weighted by atomic mass is 14.7. The Morgan fingerprint density at radius 2 is 1.06 bits per heavy atom. The third kappa shape index (κ3) is 5.70. The molecule has 0 aromatic heterocycles. The Hall–Kier alpha value is -6.64. The lowest BCUT2D eigenvalue weighted by Gasteiger charge is -2.26. The summed E-state index contributed by atoms with van der Waals surface area (Å²) < 4.78 is 0. The predicted molar refractivity (Wildman–Crippen MR) is 225 cm³/mol.